The fraction of sp³-hybridized carbons (Fsp3) is 0.318. The van der Waals surface area contributed by atoms with E-state index in [9.17, 15) is 9.59 Å². The maximum atomic E-state index is 12.8. The van der Waals surface area contributed by atoms with E-state index in [0.29, 0.717) is 43.6 Å². The minimum absolute atomic E-state index is 0.0726. The first-order valence-corrected chi connectivity index (χ1v) is 9.27. The average Bonchev–Trinajstić information content (AvgIpc) is 3.04. The van der Waals surface area contributed by atoms with Gasteiger partial charge in [0.1, 0.15) is 0 Å². The fourth-order valence-electron chi connectivity index (χ4n) is 4.44. The second-order valence-corrected chi connectivity index (χ2v) is 7.31. The maximum absolute atomic E-state index is 12.8. The standard InChI is InChI=1S/C22H21N3O2/c23-14-16-5-4-8-18(13-16)20(26)25-11-9-22(10-12-25)19(15-24-21(22)27)17-6-2-1-3-7-17/h1-8,13,19H,9-12,15H2,(H,24,27)/t19-/m1/s1. The lowest BCUT2D eigenvalue weighted by atomic mass is 9.68. The number of likely N-dealkylation sites (tertiary alicyclic amines) is 1. The van der Waals surface area contributed by atoms with Crippen LogP contribution in [-0.4, -0.2) is 36.3 Å². The molecule has 4 rings (SSSR count). The molecule has 136 valence electrons. The van der Waals surface area contributed by atoms with Crippen LogP contribution in [-0.2, 0) is 4.79 Å². The zero-order valence-electron chi connectivity index (χ0n) is 15.0. The summed E-state index contributed by atoms with van der Waals surface area (Å²) in [5.74, 6) is 0.178. The van der Waals surface area contributed by atoms with Crippen molar-refractivity contribution in [2.75, 3.05) is 19.6 Å². The molecule has 0 saturated carbocycles. The van der Waals surface area contributed by atoms with Crippen molar-refractivity contribution in [1.82, 2.24) is 10.2 Å². The zero-order valence-corrected chi connectivity index (χ0v) is 15.0. The van der Waals surface area contributed by atoms with Crippen molar-refractivity contribution in [2.24, 2.45) is 5.41 Å². The van der Waals surface area contributed by atoms with E-state index < -0.39 is 5.41 Å². The van der Waals surface area contributed by atoms with Gasteiger partial charge in [-0.3, -0.25) is 9.59 Å². The van der Waals surface area contributed by atoms with Crippen molar-refractivity contribution >= 4 is 11.8 Å². The van der Waals surface area contributed by atoms with Gasteiger partial charge in [-0.2, -0.15) is 5.26 Å². The van der Waals surface area contributed by atoms with Crippen LogP contribution in [0, 0.1) is 16.7 Å². The SMILES string of the molecule is N#Cc1cccc(C(=O)N2CCC3(CC2)C(=O)NC[C@@H]3c2ccccc2)c1. The highest BCUT2D eigenvalue weighted by Crippen LogP contribution is 2.47. The topological polar surface area (TPSA) is 73.2 Å². The summed E-state index contributed by atoms with van der Waals surface area (Å²) in [7, 11) is 0. The highest BCUT2D eigenvalue weighted by Gasteiger charge is 2.52. The summed E-state index contributed by atoms with van der Waals surface area (Å²) in [6, 6.07) is 19.0. The predicted octanol–water partition coefficient (Wildman–Crippen LogP) is 2.69. The molecule has 2 amide bonds. The number of nitrogens with zero attached hydrogens (tertiary/aromatic N) is 2. The number of rotatable bonds is 2. The first-order chi connectivity index (χ1) is 13.1. The molecule has 0 aliphatic carbocycles. The minimum atomic E-state index is -0.438. The molecule has 1 atom stereocenters. The van der Waals surface area contributed by atoms with E-state index in [1.54, 1.807) is 29.2 Å². The predicted molar refractivity (Wildman–Crippen MR) is 101 cm³/mol. The molecule has 2 aromatic carbocycles. The van der Waals surface area contributed by atoms with Crippen molar-refractivity contribution < 1.29 is 9.59 Å². The van der Waals surface area contributed by atoms with Crippen LogP contribution in [0.15, 0.2) is 54.6 Å². The summed E-state index contributed by atoms with van der Waals surface area (Å²) in [6.45, 7) is 1.75. The molecule has 5 nitrogen and oxygen atoms in total. The number of hydrogen-bond acceptors (Lipinski definition) is 3. The largest absolute Gasteiger partial charge is 0.355 e. The second-order valence-electron chi connectivity index (χ2n) is 7.31. The van der Waals surface area contributed by atoms with E-state index >= 15 is 0 Å². The van der Waals surface area contributed by atoms with Gasteiger partial charge in [-0.1, -0.05) is 36.4 Å². The summed E-state index contributed by atoms with van der Waals surface area (Å²) in [4.78, 5) is 27.3. The van der Waals surface area contributed by atoms with E-state index in [0.717, 1.165) is 0 Å². The Hall–Kier alpha value is -3.13. The van der Waals surface area contributed by atoms with Crippen LogP contribution in [0.3, 0.4) is 0 Å². The van der Waals surface area contributed by atoms with E-state index in [4.69, 9.17) is 5.26 Å². The maximum Gasteiger partial charge on any atom is 0.253 e. The summed E-state index contributed by atoms with van der Waals surface area (Å²) in [5, 5.41) is 12.1. The number of amides is 2. The van der Waals surface area contributed by atoms with E-state index in [-0.39, 0.29) is 17.7 Å². The van der Waals surface area contributed by atoms with Crippen molar-refractivity contribution in [3.05, 3.63) is 71.3 Å². The molecule has 5 heteroatoms. The Labute approximate surface area is 158 Å². The second kappa shape index (κ2) is 6.88. The third-order valence-corrected chi connectivity index (χ3v) is 5.97. The molecule has 2 saturated heterocycles. The number of carbonyl (C=O) groups is 2. The monoisotopic (exact) mass is 359 g/mol. The lowest BCUT2D eigenvalue weighted by molar-refractivity contribution is -0.130. The molecule has 0 aromatic heterocycles. The van der Waals surface area contributed by atoms with E-state index in [2.05, 4.69) is 23.5 Å². The van der Waals surface area contributed by atoms with Gasteiger partial charge >= 0.3 is 0 Å². The normalized spacial score (nSPS) is 20.9. The molecule has 1 spiro atoms. The van der Waals surface area contributed by atoms with Crippen molar-refractivity contribution in [1.29, 1.82) is 5.26 Å². The minimum Gasteiger partial charge on any atom is -0.355 e. The van der Waals surface area contributed by atoms with Gasteiger partial charge in [-0.25, -0.2) is 0 Å². The third kappa shape index (κ3) is 2.97. The van der Waals surface area contributed by atoms with Crippen LogP contribution in [0.4, 0.5) is 0 Å². The molecule has 2 aliphatic heterocycles. The van der Waals surface area contributed by atoms with Crippen LogP contribution in [0.2, 0.25) is 0 Å². The number of nitriles is 1. The first-order valence-electron chi connectivity index (χ1n) is 9.27. The van der Waals surface area contributed by atoms with Crippen molar-refractivity contribution in [3.63, 3.8) is 0 Å². The molecule has 2 aliphatic rings. The Kier molecular flexibility index (Phi) is 4.41. The van der Waals surface area contributed by atoms with E-state index in [1.807, 2.05) is 18.2 Å². The van der Waals surface area contributed by atoms with Crippen molar-refractivity contribution in [2.45, 2.75) is 18.8 Å². The highest BCUT2D eigenvalue weighted by atomic mass is 16.2. The van der Waals surface area contributed by atoms with Gasteiger partial charge in [0.25, 0.3) is 5.91 Å². The van der Waals surface area contributed by atoms with Crippen LogP contribution in [0.1, 0.15) is 40.2 Å². The highest BCUT2D eigenvalue weighted by molar-refractivity contribution is 5.95. The molecule has 0 radical (unpaired) electrons. The molecule has 2 fully saturated rings. The molecule has 0 unspecified atom stereocenters. The van der Waals surface area contributed by atoms with Gasteiger partial charge in [0, 0.05) is 31.1 Å². The Morgan fingerprint density at radius 3 is 2.56 bits per heavy atom. The van der Waals surface area contributed by atoms with Gasteiger partial charge in [0.05, 0.1) is 17.0 Å². The number of benzene rings is 2. The Morgan fingerprint density at radius 1 is 1.11 bits per heavy atom. The number of hydrogen-bond donors (Lipinski definition) is 1. The number of nitrogens with one attached hydrogen (secondary N) is 1. The molecular formula is C22H21N3O2. The van der Waals surface area contributed by atoms with Crippen molar-refractivity contribution in [3.8, 4) is 6.07 Å². The zero-order chi connectivity index (χ0) is 18.9. The lowest BCUT2D eigenvalue weighted by Crippen LogP contribution is -2.47. The number of piperidine rings is 1. The number of carbonyl (C=O) groups excluding carboxylic acids is 2. The summed E-state index contributed by atoms with van der Waals surface area (Å²) < 4.78 is 0. The van der Waals surface area contributed by atoms with Gasteiger partial charge in [0.2, 0.25) is 5.91 Å². The summed E-state index contributed by atoms with van der Waals surface area (Å²) >= 11 is 0. The van der Waals surface area contributed by atoms with E-state index in [1.165, 1.54) is 5.56 Å². The molecule has 2 aromatic rings. The van der Waals surface area contributed by atoms with Crippen LogP contribution in [0.25, 0.3) is 0 Å². The first kappa shape index (κ1) is 17.3. The third-order valence-electron chi connectivity index (χ3n) is 5.97. The van der Waals surface area contributed by atoms with Gasteiger partial charge in [-0.15, -0.1) is 0 Å². The summed E-state index contributed by atoms with van der Waals surface area (Å²) in [5.41, 5.74) is 1.75. The van der Waals surface area contributed by atoms with Crippen LogP contribution >= 0.6 is 0 Å². The van der Waals surface area contributed by atoms with Crippen LogP contribution in [0.5, 0.6) is 0 Å². The smallest absolute Gasteiger partial charge is 0.253 e. The Morgan fingerprint density at radius 2 is 1.85 bits per heavy atom. The van der Waals surface area contributed by atoms with Gasteiger partial charge < -0.3 is 10.2 Å². The summed E-state index contributed by atoms with van der Waals surface area (Å²) in [6.07, 6.45) is 1.31. The fourth-order valence-corrected chi connectivity index (χ4v) is 4.44. The average molecular weight is 359 g/mol. The molecule has 2 heterocycles. The molecule has 1 N–H and O–H groups in total. The molecular weight excluding hydrogens is 338 g/mol. The Bertz CT molecular complexity index is 909. The molecule has 0 bridgehead atoms. The Balaban J connectivity index is 1.53. The van der Waals surface area contributed by atoms with Crippen LogP contribution < -0.4 is 5.32 Å². The lowest BCUT2D eigenvalue weighted by Gasteiger charge is -2.41. The molecule has 27 heavy (non-hydrogen) atoms. The van der Waals surface area contributed by atoms with Gasteiger partial charge in [-0.05, 0) is 36.6 Å². The quantitative estimate of drug-likeness (QED) is 0.896. The van der Waals surface area contributed by atoms with Gasteiger partial charge in [0.15, 0.2) is 0 Å².